The minimum Gasteiger partial charge on any atom is -0.496 e. The normalized spacial score (nSPS) is 11.9. The second-order valence-corrected chi connectivity index (χ2v) is 4.64. The van der Waals surface area contributed by atoms with Crippen LogP contribution in [0.15, 0.2) is 42.7 Å². The topological polar surface area (TPSA) is 77.3 Å². The Bertz CT molecular complexity index is 617. The fourth-order valence-electron chi connectivity index (χ4n) is 2.05. The number of nitro benzene ring substituents is 1. The summed E-state index contributed by atoms with van der Waals surface area (Å²) in [6.45, 7) is 2.51. The third-order valence-electron chi connectivity index (χ3n) is 3.28. The standard InChI is InChI=1S/C15H17N3O3/c1-11(12-5-7-16-8-6-12)17-10-13-9-14(18(19)20)3-4-15(13)21-2/h3-9,11,17H,10H2,1-2H3/t11-/m1/s1. The van der Waals surface area contributed by atoms with Gasteiger partial charge in [0.15, 0.2) is 0 Å². The number of hydrogen-bond donors (Lipinski definition) is 1. The summed E-state index contributed by atoms with van der Waals surface area (Å²) in [6.07, 6.45) is 3.48. The van der Waals surface area contributed by atoms with E-state index in [0.717, 1.165) is 11.1 Å². The van der Waals surface area contributed by atoms with Crippen LogP contribution in [0.4, 0.5) is 5.69 Å². The first-order valence-electron chi connectivity index (χ1n) is 6.56. The largest absolute Gasteiger partial charge is 0.496 e. The van der Waals surface area contributed by atoms with Crippen molar-refractivity contribution < 1.29 is 9.66 Å². The predicted molar refractivity (Wildman–Crippen MR) is 79.1 cm³/mol. The summed E-state index contributed by atoms with van der Waals surface area (Å²) >= 11 is 0. The van der Waals surface area contributed by atoms with Crippen molar-refractivity contribution in [2.75, 3.05) is 7.11 Å². The highest BCUT2D eigenvalue weighted by Crippen LogP contribution is 2.24. The second kappa shape index (κ2) is 6.81. The van der Waals surface area contributed by atoms with E-state index in [9.17, 15) is 10.1 Å². The van der Waals surface area contributed by atoms with E-state index < -0.39 is 4.92 Å². The molecule has 1 aromatic carbocycles. The van der Waals surface area contributed by atoms with Gasteiger partial charge in [-0.3, -0.25) is 15.1 Å². The SMILES string of the molecule is COc1ccc([N+](=O)[O-])cc1CN[C@H](C)c1ccncc1. The Morgan fingerprint density at radius 2 is 2.05 bits per heavy atom. The van der Waals surface area contributed by atoms with Crippen LogP contribution in [-0.4, -0.2) is 17.0 Å². The zero-order valence-corrected chi connectivity index (χ0v) is 11.9. The Morgan fingerprint density at radius 3 is 2.67 bits per heavy atom. The summed E-state index contributed by atoms with van der Waals surface area (Å²) in [5.41, 5.74) is 1.92. The number of methoxy groups -OCH3 is 1. The number of non-ortho nitro benzene ring substituents is 1. The molecule has 110 valence electrons. The third kappa shape index (κ3) is 3.76. The van der Waals surface area contributed by atoms with Crippen LogP contribution >= 0.6 is 0 Å². The molecule has 2 rings (SSSR count). The van der Waals surface area contributed by atoms with Crippen LogP contribution in [0.25, 0.3) is 0 Å². The molecule has 0 amide bonds. The summed E-state index contributed by atoms with van der Waals surface area (Å²) in [4.78, 5) is 14.4. The van der Waals surface area contributed by atoms with Gasteiger partial charge in [0.1, 0.15) is 5.75 Å². The van der Waals surface area contributed by atoms with Crippen LogP contribution in [0.5, 0.6) is 5.75 Å². The summed E-state index contributed by atoms with van der Waals surface area (Å²) in [6, 6.07) is 8.56. The van der Waals surface area contributed by atoms with Crippen molar-refractivity contribution in [1.29, 1.82) is 0 Å². The summed E-state index contributed by atoms with van der Waals surface area (Å²) in [7, 11) is 1.55. The smallest absolute Gasteiger partial charge is 0.270 e. The minimum absolute atomic E-state index is 0.0594. The molecule has 1 atom stereocenters. The van der Waals surface area contributed by atoms with Crippen molar-refractivity contribution >= 4 is 5.69 Å². The fraction of sp³-hybridized carbons (Fsp3) is 0.267. The molecule has 0 unspecified atom stereocenters. The van der Waals surface area contributed by atoms with Gasteiger partial charge in [-0.15, -0.1) is 0 Å². The summed E-state index contributed by atoms with van der Waals surface area (Å²) < 4.78 is 5.25. The maximum absolute atomic E-state index is 10.8. The average molecular weight is 287 g/mol. The van der Waals surface area contributed by atoms with E-state index in [1.807, 2.05) is 19.1 Å². The molecule has 0 aliphatic carbocycles. The Hall–Kier alpha value is -2.47. The third-order valence-corrected chi connectivity index (χ3v) is 3.28. The molecule has 1 N–H and O–H groups in total. The van der Waals surface area contributed by atoms with Gasteiger partial charge in [0.05, 0.1) is 12.0 Å². The molecule has 0 spiro atoms. The Kier molecular flexibility index (Phi) is 4.84. The van der Waals surface area contributed by atoms with Gasteiger partial charge in [0, 0.05) is 42.7 Å². The number of benzene rings is 1. The lowest BCUT2D eigenvalue weighted by molar-refractivity contribution is -0.384. The maximum Gasteiger partial charge on any atom is 0.270 e. The van der Waals surface area contributed by atoms with Crippen LogP contribution in [0, 0.1) is 10.1 Å². The van der Waals surface area contributed by atoms with Crippen LogP contribution in [-0.2, 0) is 6.54 Å². The molecule has 0 bridgehead atoms. The van der Waals surface area contributed by atoms with Crippen molar-refractivity contribution in [3.8, 4) is 5.75 Å². The molecule has 0 aliphatic heterocycles. The minimum atomic E-state index is -0.408. The van der Waals surface area contributed by atoms with Crippen molar-refractivity contribution in [2.24, 2.45) is 0 Å². The highest BCUT2D eigenvalue weighted by atomic mass is 16.6. The van der Waals surface area contributed by atoms with Gasteiger partial charge >= 0.3 is 0 Å². The second-order valence-electron chi connectivity index (χ2n) is 4.64. The quantitative estimate of drug-likeness (QED) is 0.653. The van der Waals surface area contributed by atoms with Gasteiger partial charge in [0.25, 0.3) is 5.69 Å². The number of nitrogens with zero attached hydrogens (tertiary/aromatic N) is 2. The van der Waals surface area contributed by atoms with Crippen molar-refractivity contribution in [3.63, 3.8) is 0 Å². The monoisotopic (exact) mass is 287 g/mol. The van der Waals surface area contributed by atoms with E-state index in [4.69, 9.17) is 4.74 Å². The van der Waals surface area contributed by atoms with E-state index in [2.05, 4.69) is 10.3 Å². The van der Waals surface area contributed by atoms with E-state index in [0.29, 0.717) is 12.3 Å². The van der Waals surface area contributed by atoms with Crippen LogP contribution in [0.1, 0.15) is 24.1 Å². The number of pyridine rings is 1. The van der Waals surface area contributed by atoms with Crippen LogP contribution in [0.2, 0.25) is 0 Å². The summed E-state index contributed by atoms with van der Waals surface area (Å²) in [5, 5.41) is 14.2. The van der Waals surface area contributed by atoms with E-state index in [1.165, 1.54) is 12.1 Å². The summed E-state index contributed by atoms with van der Waals surface area (Å²) in [5.74, 6) is 0.634. The molecule has 1 heterocycles. The molecule has 21 heavy (non-hydrogen) atoms. The van der Waals surface area contributed by atoms with E-state index >= 15 is 0 Å². The Morgan fingerprint density at radius 1 is 1.33 bits per heavy atom. The van der Waals surface area contributed by atoms with Gasteiger partial charge in [0.2, 0.25) is 0 Å². The zero-order valence-electron chi connectivity index (χ0n) is 11.9. The average Bonchev–Trinajstić information content (AvgIpc) is 2.53. The molecular weight excluding hydrogens is 270 g/mol. The first kappa shape index (κ1) is 14.9. The lowest BCUT2D eigenvalue weighted by Crippen LogP contribution is -2.18. The molecule has 0 saturated carbocycles. The molecule has 0 aliphatic rings. The van der Waals surface area contributed by atoms with Crippen molar-refractivity contribution in [1.82, 2.24) is 10.3 Å². The lowest BCUT2D eigenvalue weighted by atomic mass is 10.1. The van der Waals surface area contributed by atoms with E-state index in [-0.39, 0.29) is 11.7 Å². The zero-order chi connectivity index (χ0) is 15.2. The number of aromatic nitrogens is 1. The highest BCUT2D eigenvalue weighted by Gasteiger charge is 2.12. The van der Waals surface area contributed by atoms with Gasteiger partial charge in [-0.2, -0.15) is 0 Å². The Labute approximate surface area is 122 Å². The van der Waals surface area contributed by atoms with Gasteiger partial charge in [-0.1, -0.05) is 0 Å². The Balaban J connectivity index is 2.11. The molecule has 1 aromatic heterocycles. The number of ether oxygens (including phenoxy) is 1. The number of rotatable bonds is 6. The first-order valence-corrected chi connectivity index (χ1v) is 6.56. The van der Waals surface area contributed by atoms with Gasteiger partial charge in [-0.05, 0) is 30.7 Å². The van der Waals surface area contributed by atoms with Crippen LogP contribution < -0.4 is 10.1 Å². The van der Waals surface area contributed by atoms with Crippen LogP contribution in [0.3, 0.4) is 0 Å². The number of hydrogen-bond acceptors (Lipinski definition) is 5. The highest BCUT2D eigenvalue weighted by molar-refractivity contribution is 5.43. The van der Waals surface area contributed by atoms with Crippen molar-refractivity contribution in [3.05, 3.63) is 64.0 Å². The molecule has 2 aromatic rings. The number of nitrogens with one attached hydrogen (secondary N) is 1. The van der Waals surface area contributed by atoms with E-state index in [1.54, 1.807) is 25.6 Å². The van der Waals surface area contributed by atoms with Crippen molar-refractivity contribution in [2.45, 2.75) is 19.5 Å². The number of nitro groups is 1. The molecule has 0 radical (unpaired) electrons. The molecule has 0 saturated heterocycles. The fourth-order valence-corrected chi connectivity index (χ4v) is 2.05. The molecular formula is C15H17N3O3. The predicted octanol–water partition coefficient (Wildman–Crippen LogP) is 2.85. The molecule has 6 nitrogen and oxygen atoms in total. The first-order chi connectivity index (χ1) is 10.1. The molecule has 0 fully saturated rings. The molecule has 6 heteroatoms. The van der Waals surface area contributed by atoms with Gasteiger partial charge in [-0.25, -0.2) is 0 Å². The lowest BCUT2D eigenvalue weighted by Gasteiger charge is -2.15. The maximum atomic E-state index is 10.8. The van der Waals surface area contributed by atoms with Gasteiger partial charge < -0.3 is 10.1 Å².